The summed E-state index contributed by atoms with van der Waals surface area (Å²) in [5, 5.41) is 17.8. The molecule has 0 spiro atoms. The molecule has 28 heavy (non-hydrogen) atoms. The first-order valence-electron chi connectivity index (χ1n) is 9.71. The number of nitrogens with zero attached hydrogens (tertiary/aromatic N) is 3. The van der Waals surface area contributed by atoms with E-state index in [4.69, 9.17) is 4.42 Å². The predicted molar refractivity (Wildman–Crippen MR) is 108 cm³/mol. The van der Waals surface area contributed by atoms with E-state index in [0.717, 1.165) is 18.8 Å². The largest absolute Gasteiger partial charge is 0.468 e. The summed E-state index contributed by atoms with van der Waals surface area (Å²) >= 11 is 0. The zero-order valence-electron chi connectivity index (χ0n) is 16.1. The number of hydrogen-bond acceptors (Lipinski definition) is 5. The average Bonchev–Trinajstić information content (AvgIpc) is 3.41. The molecule has 8 heteroatoms. The Hall–Kier alpha value is -2.87. The number of guanidine groups is 1. The lowest BCUT2D eigenvalue weighted by atomic mass is 10.2. The number of aliphatic imine (C=N–C) groups is 1. The maximum atomic E-state index is 11.2. The van der Waals surface area contributed by atoms with Crippen LogP contribution in [0, 0.1) is 10.1 Å². The Balaban J connectivity index is 1.69. The van der Waals surface area contributed by atoms with Crippen LogP contribution >= 0.6 is 0 Å². The quantitative estimate of drug-likeness (QED) is 0.314. The van der Waals surface area contributed by atoms with Crippen molar-refractivity contribution < 1.29 is 9.34 Å². The molecule has 2 heterocycles. The molecule has 1 aliphatic rings. The van der Waals surface area contributed by atoms with Gasteiger partial charge in [0.15, 0.2) is 5.96 Å². The van der Waals surface area contributed by atoms with Crippen molar-refractivity contribution in [2.45, 2.75) is 32.4 Å². The first-order chi connectivity index (χ1) is 13.7. The summed E-state index contributed by atoms with van der Waals surface area (Å²) in [5.74, 6) is 1.57. The third-order valence-electron chi connectivity index (χ3n) is 4.86. The first kappa shape index (κ1) is 19.9. The van der Waals surface area contributed by atoms with Crippen molar-refractivity contribution in [1.82, 2.24) is 15.5 Å². The lowest BCUT2D eigenvalue weighted by molar-refractivity contribution is -0.385. The Kier molecular flexibility index (Phi) is 7.02. The fourth-order valence-electron chi connectivity index (χ4n) is 3.47. The van der Waals surface area contributed by atoms with E-state index in [-0.39, 0.29) is 23.2 Å². The van der Waals surface area contributed by atoms with Crippen molar-refractivity contribution in [1.29, 1.82) is 0 Å². The molecule has 3 rings (SSSR count). The maximum Gasteiger partial charge on any atom is 0.274 e. The average molecular weight is 385 g/mol. The van der Waals surface area contributed by atoms with Crippen LogP contribution in [0.15, 0.2) is 52.1 Å². The van der Waals surface area contributed by atoms with Crippen LogP contribution in [0.4, 0.5) is 5.69 Å². The normalized spacial score (nSPS) is 16.1. The molecule has 0 aliphatic carbocycles. The van der Waals surface area contributed by atoms with Crippen LogP contribution in [0.3, 0.4) is 0 Å². The van der Waals surface area contributed by atoms with Crippen molar-refractivity contribution in [2.24, 2.45) is 4.99 Å². The van der Waals surface area contributed by atoms with E-state index in [9.17, 15) is 10.1 Å². The lowest BCUT2D eigenvalue weighted by Gasteiger charge is -2.26. The Morgan fingerprint density at radius 2 is 2.04 bits per heavy atom. The number of para-hydroxylation sites is 1. The number of benzene rings is 1. The van der Waals surface area contributed by atoms with Gasteiger partial charge in [-0.15, -0.1) is 0 Å². The van der Waals surface area contributed by atoms with Gasteiger partial charge in [0.05, 0.1) is 29.3 Å². The molecule has 2 N–H and O–H groups in total. The molecule has 2 aromatic rings. The van der Waals surface area contributed by atoms with Gasteiger partial charge in [0.25, 0.3) is 5.69 Å². The summed E-state index contributed by atoms with van der Waals surface area (Å²) in [4.78, 5) is 17.8. The van der Waals surface area contributed by atoms with Crippen LogP contribution in [0.25, 0.3) is 0 Å². The first-order valence-corrected chi connectivity index (χ1v) is 9.71. The lowest BCUT2D eigenvalue weighted by Crippen LogP contribution is -2.42. The summed E-state index contributed by atoms with van der Waals surface area (Å²) in [7, 11) is 0. The molecular formula is C20H27N5O3. The van der Waals surface area contributed by atoms with Gasteiger partial charge in [-0.25, -0.2) is 4.99 Å². The van der Waals surface area contributed by atoms with E-state index in [1.165, 1.54) is 18.9 Å². The van der Waals surface area contributed by atoms with Crippen molar-refractivity contribution in [2.75, 3.05) is 26.2 Å². The molecule has 1 aliphatic heterocycles. The number of rotatable bonds is 8. The number of hydrogen-bond donors (Lipinski definition) is 2. The highest BCUT2D eigenvalue weighted by molar-refractivity contribution is 5.79. The molecule has 1 aromatic carbocycles. The van der Waals surface area contributed by atoms with Crippen LogP contribution in [-0.2, 0) is 6.54 Å². The molecule has 0 amide bonds. The Bertz CT molecular complexity index is 785. The van der Waals surface area contributed by atoms with E-state index < -0.39 is 0 Å². The molecule has 0 bridgehead atoms. The molecule has 1 unspecified atom stereocenters. The Labute approximate surface area is 164 Å². The van der Waals surface area contributed by atoms with E-state index in [0.29, 0.717) is 24.6 Å². The van der Waals surface area contributed by atoms with Gasteiger partial charge >= 0.3 is 0 Å². The number of nitro groups is 1. The summed E-state index contributed by atoms with van der Waals surface area (Å²) in [6.07, 6.45) is 4.10. The number of nitrogens with one attached hydrogen (secondary N) is 2. The van der Waals surface area contributed by atoms with Crippen LogP contribution in [0.2, 0.25) is 0 Å². The van der Waals surface area contributed by atoms with Gasteiger partial charge in [0.2, 0.25) is 0 Å². The van der Waals surface area contributed by atoms with Crippen LogP contribution in [0.1, 0.15) is 37.1 Å². The Morgan fingerprint density at radius 3 is 2.71 bits per heavy atom. The van der Waals surface area contributed by atoms with E-state index in [1.807, 2.05) is 19.1 Å². The van der Waals surface area contributed by atoms with Crippen molar-refractivity contribution in [3.05, 3.63) is 64.1 Å². The second-order valence-electron chi connectivity index (χ2n) is 6.74. The number of nitro benzene ring substituents is 1. The topological polar surface area (TPSA) is 95.9 Å². The molecule has 0 radical (unpaired) electrons. The standard InChI is InChI=1S/C20H27N5O3/c1-2-21-20(22-14-16-8-3-4-9-17(16)25(26)27)23-15-18(19-10-7-13-28-19)24-11-5-6-12-24/h3-4,7-10,13,18H,2,5-6,11-12,14-15H2,1H3,(H2,21,22,23). The highest BCUT2D eigenvalue weighted by Gasteiger charge is 2.25. The summed E-state index contributed by atoms with van der Waals surface area (Å²) < 4.78 is 5.65. The van der Waals surface area contributed by atoms with Crippen molar-refractivity contribution in [3.8, 4) is 0 Å². The maximum absolute atomic E-state index is 11.2. The molecule has 0 saturated carbocycles. The van der Waals surface area contributed by atoms with Crippen LogP contribution in [0.5, 0.6) is 0 Å². The van der Waals surface area contributed by atoms with Crippen molar-refractivity contribution in [3.63, 3.8) is 0 Å². The minimum Gasteiger partial charge on any atom is -0.468 e. The molecule has 1 aromatic heterocycles. The smallest absolute Gasteiger partial charge is 0.274 e. The van der Waals surface area contributed by atoms with Crippen LogP contribution < -0.4 is 10.6 Å². The van der Waals surface area contributed by atoms with Crippen molar-refractivity contribution >= 4 is 11.6 Å². The monoisotopic (exact) mass is 385 g/mol. The summed E-state index contributed by atoms with van der Waals surface area (Å²) in [6.45, 7) is 5.69. The fraction of sp³-hybridized carbons (Fsp3) is 0.450. The van der Waals surface area contributed by atoms with Gasteiger partial charge < -0.3 is 15.1 Å². The third-order valence-corrected chi connectivity index (χ3v) is 4.86. The van der Waals surface area contributed by atoms with E-state index in [2.05, 4.69) is 20.5 Å². The zero-order chi connectivity index (χ0) is 19.8. The highest BCUT2D eigenvalue weighted by Crippen LogP contribution is 2.25. The predicted octanol–water partition coefficient (Wildman–Crippen LogP) is 3.08. The van der Waals surface area contributed by atoms with E-state index in [1.54, 1.807) is 24.5 Å². The van der Waals surface area contributed by atoms with E-state index >= 15 is 0 Å². The second-order valence-corrected chi connectivity index (χ2v) is 6.74. The molecule has 1 saturated heterocycles. The molecular weight excluding hydrogens is 358 g/mol. The van der Waals surface area contributed by atoms with Gasteiger partial charge in [-0.2, -0.15) is 0 Å². The molecule has 1 fully saturated rings. The van der Waals surface area contributed by atoms with Gasteiger partial charge in [-0.3, -0.25) is 15.0 Å². The molecule has 1 atom stereocenters. The number of furan rings is 1. The molecule has 8 nitrogen and oxygen atoms in total. The van der Waals surface area contributed by atoms with Gasteiger partial charge in [-0.1, -0.05) is 18.2 Å². The molecule has 150 valence electrons. The van der Waals surface area contributed by atoms with Crippen LogP contribution in [-0.4, -0.2) is 42.0 Å². The minimum atomic E-state index is -0.370. The van der Waals surface area contributed by atoms with Gasteiger partial charge in [0, 0.05) is 19.2 Å². The summed E-state index contributed by atoms with van der Waals surface area (Å²) in [5.41, 5.74) is 0.680. The SMILES string of the molecule is CCNC(=NCc1ccccc1[N+](=O)[O-])NCC(c1ccco1)N1CCCC1. The summed E-state index contributed by atoms with van der Waals surface area (Å²) in [6, 6.07) is 10.7. The van der Waals surface area contributed by atoms with Gasteiger partial charge in [-0.05, 0) is 45.0 Å². The zero-order valence-corrected chi connectivity index (χ0v) is 16.1. The number of likely N-dealkylation sites (tertiary alicyclic amines) is 1. The minimum absolute atomic E-state index is 0.0904. The fourth-order valence-corrected chi connectivity index (χ4v) is 3.47. The second kappa shape index (κ2) is 9.89. The highest BCUT2D eigenvalue weighted by atomic mass is 16.6. The third kappa shape index (κ3) is 5.10. The Morgan fingerprint density at radius 1 is 1.25 bits per heavy atom. The van der Waals surface area contributed by atoms with Gasteiger partial charge in [0.1, 0.15) is 5.76 Å².